The summed E-state index contributed by atoms with van der Waals surface area (Å²) in [4.78, 5) is 0. The minimum absolute atomic E-state index is 0.0313. The molecule has 0 aliphatic carbocycles. The number of hydrogen-bond donors (Lipinski definition) is 0. The van der Waals surface area contributed by atoms with Gasteiger partial charge in [0.25, 0.3) is 0 Å². The Bertz CT molecular complexity index is 3320. The summed E-state index contributed by atoms with van der Waals surface area (Å²) in [5.41, 5.74) is 5.04. The maximum Gasteiger partial charge on any atom is 0.134 e. The van der Waals surface area contributed by atoms with Crippen LogP contribution in [0.3, 0.4) is 0 Å². The van der Waals surface area contributed by atoms with Gasteiger partial charge in [0.05, 0.1) is 11.1 Å². The minimum atomic E-state index is -0.602. The van der Waals surface area contributed by atoms with Gasteiger partial charge in [0.15, 0.2) is 0 Å². The lowest BCUT2D eigenvalue weighted by Gasteiger charge is -2.18. The Morgan fingerprint density at radius 1 is 0.281 bits per heavy atom. The van der Waals surface area contributed by atoms with E-state index >= 15 is 17.6 Å². The van der Waals surface area contributed by atoms with E-state index in [9.17, 15) is 0 Å². The number of benzene rings is 10. The Hall–Kier alpha value is -6.82. The molecule has 0 aliphatic heterocycles. The summed E-state index contributed by atoms with van der Waals surface area (Å²) >= 11 is 1.72. The van der Waals surface area contributed by atoms with E-state index in [4.69, 9.17) is 0 Å². The van der Waals surface area contributed by atoms with Crippen molar-refractivity contribution in [2.45, 2.75) is 0 Å². The first-order valence-electron chi connectivity index (χ1n) is 18.7. The van der Waals surface area contributed by atoms with Crippen LogP contribution in [0.15, 0.2) is 170 Å². The lowest BCUT2D eigenvalue weighted by Crippen LogP contribution is -1.95. The van der Waals surface area contributed by atoms with E-state index in [1.165, 1.54) is 36.4 Å². The Morgan fingerprint density at radius 2 is 0.649 bits per heavy atom. The van der Waals surface area contributed by atoms with Crippen molar-refractivity contribution in [3.8, 4) is 44.5 Å². The molecule has 10 aromatic carbocycles. The van der Waals surface area contributed by atoms with Gasteiger partial charge in [-0.3, -0.25) is 0 Å². The summed E-state index contributed by atoms with van der Waals surface area (Å²) in [5.74, 6) is -2.41. The van der Waals surface area contributed by atoms with Crippen molar-refractivity contribution < 1.29 is 17.6 Å². The SMILES string of the molecule is Fc1cccc(F)c1-c1c2ccccc2c(-c2ccc3sc4c(-c5c6ccccc6c(-c6c(F)cccc6F)c6ccccc56)cccc4c3c2)c2ccccc12. The van der Waals surface area contributed by atoms with E-state index in [1.807, 2.05) is 97.1 Å². The molecule has 0 atom stereocenters. The molecule has 0 spiro atoms. The maximum absolute atomic E-state index is 15.5. The second-order valence-electron chi connectivity index (χ2n) is 14.4. The fourth-order valence-electron chi connectivity index (χ4n) is 9.02. The lowest BCUT2D eigenvalue weighted by molar-refractivity contribution is 0.589. The fraction of sp³-hybridized carbons (Fsp3) is 0. The predicted molar refractivity (Wildman–Crippen MR) is 231 cm³/mol. The van der Waals surface area contributed by atoms with Crippen LogP contribution >= 0.6 is 11.3 Å². The summed E-state index contributed by atoms with van der Waals surface area (Å²) in [5, 5.41) is 8.87. The van der Waals surface area contributed by atoms with Gasteiger partial charge in [-0.1, -0.05) is 133 Å². The van der Waals surface area contributed by atoms with Crippen LogP contribution in [0.4, 0.5) is 17.6 Å². The molecule has 11 rings (SSSR count). The van der Waals surface area contributed by atoms with Crippen LogP contribution in [-0.2, 0) is 0 Å². The van der Waals surface area contributed by atoms with Crippen LogP contribution in [0.2, 0.25) is 0 Å². The molecule has 5 heteroatoms. The van der Waals surface area contributed by atoms with Crippen LogP contribution in [0.5, 0.6) is 0 Å². The molecule has 0 saturated heterocycles. The van der Waals surface area contributed by atoms with Gasteiger partial charge in [-0.15, -0.1) is 11.3 Å². The van der Waals surface area contributed by atoms with Gasteiger partial charge >= 0.3 is 0 Å². The smallest absolute Gasteiger partial charge is 0.134 e. The van der Waals surface area contributed by atoms with Gasteiger partial charge in [-0.25, -0.2) is 17.6 Å². The zero-order valence-electron chi connectivity index (χ0n) is 30.1. The molecule has 0 fully saturated rings. The van der Waals surface area contributed by atoms with Gasteiger partial charge in [-0.2, -0.15) is 0 Å². The molecular formula is C52H28F4S. The van der Waals surface area contributed by atoms with Gasteiger partial charge < -0.3 is 0 Å². The van der Waals surface area contributed by atoms with Crippen molar-refractivity contribution in [3.05, 3.63) is 193 Å². The first kappa shape index (κ1) is 33.5. The van der Waals surface area contributed by atoms with E-state index in [1.54, 1.807) is 11.3 Å². The third-order valence-electron chi connectivity index (χ3n) is 11.3. The fourth-order valence-corrected chi connectivity index (χ4v) is 10.2. The highest BCUT2D eigenvalue weighted by Crippen LogP contribution is 2.50. The van der Waals surface area contributed by atoms with Crippen LogP contribution in [0.1, 0.15) is 0 Å². The summed E-state index contributed by atoms with van der Waals surface area (Å²) in [6, 6.07) is 52.4. The molecule has 1 heterocycles. The number of thiophene rings is 1. The lowest BCUT2D eigenvalue weighted by atomic mass is 9.85. The van der Waals surface area contributed by atoms with E-state index in [0.717, 1.165) is 85.5 Å². The van der Waals surface area contributed by atoms with Crippen molar-refractivity contribution >= 4 is 74.6 Å². The molecular weight excluding hydrogens is 733 g/mol. The molecule has 0 bridgehead atoms. The molecule has 270 valence electrons. The van der Waals surface area contributed by atoms with Gasteiger partial charge in [0, 0.05) is 36.9 Å². The number of hydrogen-bond acceptors (Lipinski definition) is 1. The molecule has 0 N–H and O–H groups in total. The third-order valence-corrected chi connectivity index (χ3v) is 12.6. The van der Waals surface area contributed by atoms with Crippen molar-refractivity contribution in [1.29, 1.82) is 0 Å². The van der Waals surface area contributed by atoms with Crippen LogP contribution < -0.4 is 0 Å². The largest absolute Gasteiger partial charge is 0.206 e. The molecule has 0 nitrogen and oxygen atoms in total. The quantitative estimate of drug-likeness (QED) is 0.124. The molecule has 0 radical (unpaired) electrons. The zero-order valence-corrected chi connectivity index (χ0v) is 30.9. The van der Waals surface area contributed by atoms with Crippen LogP contribution in [0, 0.1) is 23.3 Å². The van der Waals surface area contributed by atoms with Gasteiger partial charge in [0.2, 0.25) is 0 Å². The second-order valence-corrected chi connectivity index (χ2v) is 15.4. The zero-order chi connectivity index (χ0) is 38.4. The van der Waals surface area contributed by atoms with Crippen molar-refractivity contribution in [2.75, 3.05) is 0 Å². The van der Waals surface area contributed by atoms with E-state index in [-0.39, 0.29) is 11.1 Å². The Morgan fingerprint density at radius 3 is 1.09 bits per heavy atom. The average Bonchev–Trinajstić information content (AvgIpc) is 3.61. The molecule has 0 saturated carbocycles. The topological polar surface area (TPSA) is 0 Å². The third kappa shape index (κ3) is 4.99. The first-order valence-corrected chi connectivity index (χ1v) is 19.5. The van der Waals surface area contributed by atoms with E-state index < -0.39 is 23.3 Å². The first-order chi connectivity index (χ1) is 28.0. The molecule has 57 heavy (non-hydrogen) atoms. The molecule has 1 aromatic heterocycles. The summed E-state index contributed by atoms with van der Waals surface area (Å²) in [6.07, 6.45) is 0. The Balaban J connectivity index is 1.18. The van der Waals surface area contributed by atoms with Crippen molar-refractivity contribution in [2.24, 2.45) is 0 Å². The van der Waals surface area contributed by atoms with Crippen molar-refractivity contribution in [3.63, 3.8) is 0 Å². The normalized spacial score (nSPS) is 11.9. The van der Waals surface area contributed by atoms with Crippen LogP contribution in [0.25, 0.3) is 108 Å². The molecule has 0 aliphatic rings. The number of halogens is 4. The molecule has 11 aromatic rings. The summed E-state index contributed by atoms with van der Waals surface area (Å²) in [7, 11) is 0. The molecule has 0 amide bonds. The molecule has 0 unspecified atom stereocenters. The average molecular weight is 761 g/mol. The number of fused-ring (bicyclic) bond motifs is 7. The highest BCUT2D eigenvalue weighted by molar-refractivity contribution is 7.26. The number of rotatable bonds is 4. The standard InChI is InChI=1S/C52H28F4S/c53-41-22-10-23-42(54)50(41)48-34-16-5-1-12-30(34)46(31-13-2-6-17-35(31)48)29-26-27-45-40(28-29)38-20-9-21-39(52(38)57-45)47-32-14-3-7-18-36(32)49(37-19-8-4-15-33(37)47)51-43(55)24-11-25-44(51)56/h1-28H. The van der Waals surface area contributed by atoms with Crippen molar-refractivity contribution in [1.82, 2.24) is 0 Å². The summed E-state index contributed by atoms with van der Waals surface area (Å²) in [6.45, 7) is 0. The van der Waals surface area contributed by atoms with E-state index in [2.05, 4.69) is 36.4 Å². The highest BCUT2D eigenvalue weighted by atomic mass is 32.1. The van der Waals surface area contributed by atoms with Gasteiger partial charge in [0.1, 0.15) is 23.3 Å². The minimum Gasteiger partial charge on any atom is -0.206 e. The monoisotopic (exact) mass is 760 g/mol. The second kappa shape index (κ2) is 12.9. The summed E-state index contributed by atoms with van der Waals surface area (Å²) < 4.78 is 64.3. The Kier molecular flexibility index (Phi) is 7.57. The van der Waals surface area contributed by atoms with E-state index in [0.29, 0.717) is 11.1 Å². The highest BCUT2D eigenvalue weighted by Gasteiger charge is 2.24. The van der Waals surface area contributed by atoms with Gasteiger partial charge in [-0.05, 0) is 96.2 Å². The Labute approximate surface area is 328 Å². The van der Waals surface area contributed by atoms with Crippen LogP contribution in [-0.4, -0.2) is 0 Å². The predicted octanol–water partition coefficient (Wildman–Crippen LogP) is 15.9. The maximum atomic E-state index is 15.5.